The minimum atomic E-state index is -0.509. The van der Waals surface area contributed by atoms with E-state index < -0.39 is 5.82 Å². The van der Waals surface area contributed by atoms with E-state index in [1.165, 1.54) is 24.6 Å². The first-order valence-corrected chi connectivity index (χ1v) is 12.5. The number of aryl methyl sites for hydroxylation is 1. The molecule has 0 aliphatic carbocycles. The van der Waals surface area contributed by atoms with Gasteiger partial charge < -0.3 is 10.6 Å². The molecule has 186 valence electrons. The predicted octanol–water partition coefficient (Wildman–Crippen LogP) is 3.76. The molecule has 0 amide bonds. The maximum Gasteiger partial charge on any atom is 0.229 e. The second-order valence-electron chi connectivity index (χ2n) is 10.0. The summed E-state index contributed by atoms with van der Waals surface area (Å²) in [5.41, 5.74) is 3.62. The number of halogens is 1. The molecule has 6 heterocycles. The van der Waals surface area contributed by atoms with Gasteiger partial charge in [0, 0.05) is 62.1 Å². The molecule has 0 aromatic carbocycles. The Kier molecular flexibility index (Phi) is 5.85. The summed E-state index contributed by atoms with van der Waals surface area (Å²) in [7, 11) is 1.90. The molecule has 2 aliphatic heterocycles. The maximum atomic E-state index is 14.8. The fourth-order valence-electron chi connectivity index (χ4n) is 5.59. The van der Waals surface area contributed by atoms with Crippen LogP contribution in [0.15, 0.2) is 36.8 Å². The zero-order valence-corrected chi connectivity index (χ0v) is 20.7. The number of piperazine rings is 1. The van der Waals surface area contributed by atoms with Crippen molar-refractivity contribution in [1.82, 2.24) is 39.9 Å². The highest BCUT2D eigenvalue weighted by atomic mass is 19.1. The fraction of sp³-hybridized carbons (Fsp3) is 0.423. The van der Waals surface area contributed by atoms with Crippen molar-refractivity contribution in [3.8, 4) is 11.3 Å². The van der Waals surface area contributed by atoms with Gasteiger partial charge in [-0.15, -0.1) is 0 Å². The molecule has 2 N–H and O–H groups in total. The SMILES string of the molecule is CC(C)c1c2cc(-c3nc(Nc4ccc(CN5C6CCC5CNC6)cn4)ncc3F)cnc2nn1C. The van der Waals surface area contributed by atoms with Crippen LogP contribution < -0.4 is 10.6 Å². The summed E-state index contributed by atoms with van der Waals surface area (Å²) in [5.74, 6) is 0.635. The van der Waals surface area contributed by atoms with Gasteiger partial charge in [-0.05, 0) is 36.5 Å². The van der Waals surface area contributed by atoms with Crippen LogP contribution in [0.1, 0.15) is 43.9 Å². The van der Waals surface area contributed by atoms with Gasteiger partial charge in [0.15, 0.2) is 11.5 Å². The van der Waals surface area contributed by atoms with Crippen molar-refractivity contribution in [2.24, 2.45) is 7.05 Å². The number of pyridine rings is 2. The first kappa shape index (κ1) is 22.9. The van der Waals surface area contributed by atoms with Crippen molar-refractivity contribution in [3.63, 3.8) is 0 Å². The molecule has 2 unspecified atom stereocenters. The molecule has 0 saturated carbocycles. The predicted molar refractivity (Wildman–Crippen MR) is 136 cm³/mol. The van der Waals surface area contributed by atoms with Crippen LogP contribution in [0.5, 0.6) is 0 Å². The van der Waals surface area contributed by atoms with Crippen LogP contribution >= 0.6 is 0 Å². The third kappa shape index (κ3) is 4.20. The smallest absolute Gasteiger partial charge is 0.229 e. The van der Waals surface area contributed by atoms with Crippen LogP contribution in [0.2, 0.25) is 0 Å². The second-order valence-corrected chi connectivity index (χ2v) is 10.0. The Hall–Kier alpha value is -3.50. The lowest BCUT2D eigenvalue weighted by Crippen LogP contribution is -2.51. The summed E-state index contributed by atoms with van der Waals surface area (Å²) >= 11 is 0. The number of fused-ring (bicyclic) bond motifs is 3. The molecule has 2 fully saturated rings. The molecule has 0 radical (unpaired) electrons. The van der Waals surface area contributed by atoms with E-state index >= 15 is 0 Å². The zero-order chi connectivity index (χ0) is 24.8. The minimum absolute atomic E-state index is 0.186. The molecule has 2 bridgehead atoms. The Balaban J connectivity index is 1.22. The Labute approximate surface area is 209 Å². The van der Waals surface area contributed by atoms with Gasteiger partial charge in [-0.25, -0.2) is 24.3 Å². The van der Waals surface area contributed by atoms with E-state index in [0.717, 1.165) is 30.7 Å². The number of hydrogen-bond donors (Lipinski definition) is 2. The summed E-state index contributed by atoms with van der Waals surface area (Å²) in [6, 6.07) is 7.13. The topological polar surface area (TPSA) is 96.7 Å². The number of rotatable bonds is 6. The lowest BCUT2D eigenvalue weighted by atomic mass is 10.1. The average Bonchev–Trinajstić information content (AvgIpc) is 3.29. The monoisotopic (exact) mass is 487 g/mol. The Morgan fingerprint density at radius 1 is 1.08 bits per heavy atom. The van der Waals surface area contributed by atoms with Gasteiger partial charge in [-0.2, -0.15) is 5.10 Å². The Morgan fingerprint density at radius 3 is 2.61 bits per heavy atom. The lowest BCUT2D eigenvalue weighted by Gasteiger charge is -2.35. The van der Waals surface area contributed by atoms with Crippen LogP contribution in [-0.2, 0) is 13.6 Å². The number of nitrogens with one attached hydrogen (secondary N) is 2. The Bertz CT molecular complexity index is 1380. The largest absolute Gasteiger partial charge is 0.314 e. The van der Waals surface area contributed by atoms with E-state index in [0.29, 0.717) is 29.1 Å². The summed E-state index contributed by atoms with van der Waals surface area (Å²) in [5, 5.41) is 12.0. The number of aromatic nitrogens is 6. The summed E-state index contributed by atoms with van der Waals surface area (Å²) in [6.07, 6.45) is 7.19. The molecule has 2 saturated heterocycles. The van der Waals surface area contributed by atoms with Gasteiger partial charge in [-0.3, -0.25) is 9.58 Å². The van der Waals surface area contributed by atoms with Gasteiger partial charge in [0.1, 0.15) is 11.5 Å². The first-order valence-electron chi connectivity index (χ1n) is 12.5. The first-order chi connectivity index (χ1) is 17.5. The van der Waals surface area contributed by atoms with E-state index in [2.05, 4.69) is 60.5 Å². The molecule has 4 aromatic rings. The number of nitrogens with zero attached hydrogens (tertiary/aromatic N) is 7. The second kappa shape index (κ2) is 9.18. The van der Waals surface area contributed by atoms with Crippen LogP contribution in [0, 0.1) is 5.82 Å². The van der Waals surface area contributed by atoms with Gasteiger partial charge in [0.05, 0.1) is 11.9 Å². The third-order valence-electron chi connectivity index (χ3n) is 7.26. The van der Waals surface area contributed by atoms with Crippen LogP contribution in [0.3, 0.4) is 0 Å². The summed E-state index contributed by atoms with van der Waals surface area (Å²) < 4.78 is 16.6. The van der Waals surface area contributed by atoms with Crippen LogP contribution in [0.25, 0.3) is 22.3 Å². The van der Waals surface area contributed by atoms with Gasteiger partial charge >= 0.3 is 0 Å². The van der Waals surface area contributed by atoms with Crippen molar-refractivity contribution >= 4 is 22.8 Å². The number of hydrogen-bond acceptors (Lipinski definition) is 8. The molecule has 36 heavy (non-hydrogen) atoms. The summed E-state index contributed by atoms with van der Waals surface area (Å²) in [4.78, 5) is 20.2. The van der Waals surface area contributed by atoms with Crippen molar-refractivity contribution in [1.29, 1.82) is 0 Å². The highest BCUT2D eigenvalue weighted by molar-refractivity contribution is 5.83. The highest BCUT2D eigenvalue weighted by Crippen LogP contribution is 2.30. The van der Waals surface area contributed by atoms with E-state index in [1.54, 1.807) is 6.20 Å². The van der Waals surface area contributed by atoms with Crippen molar-refractivity contribution in [3.05, 3.63) is 53.9 Å². The molecule has 10 heteroatoms. The van der Waals surface area contributed by atoms with E-state index in [4.69, 9.17) is 0 Å². The average molecular weight is 488 g/mol. The third-order valence-corrected chi connectivity index (χ3v) is 7.26. The minimum Gasteiger partial charge on any atom is -0.314 e. The standard InChI is InChI=1S/C26H30FN9/c1-15(2)24-20-8-17(10-30-25(20)34-35(24)3)23-21(27)13-31-26(33-23)32-22-7-4-16(9-29-22)14-36-18-5-6-19(36)12-28-11-18/h4,7-10,13,15,18-19,28H,5-6,11-12,14H2,1-3H3,(H,29,31,32,33). The molecular formula is C26H30FN9. The van der Waals surface area contributed by atoms with Gasteiger partial charge in [0.2, 0.25) is 5.95 Å². The normalized spacial score (nSPS) is 19.9. The number of anilines is 2. The lowest BCUT2D eigenvalue weighted by molar-refractivity contribution is 0.145. The van der Waals surface area contributed by atoms with Crippen molar-refractivity contribution in [2.75, 3.05) is 18.4 Å². The summed E-state index contributed by atoms with van der Waals surface area (Å²) in [6.45, 7) is 7.24. The fourth-order valence-corrected chi connectivity index (χ4v) is 5.59. The van der Waals surface area contributed by atoms with Gasteiger partial charge in [-0.1, -0.05) is 19.9 Å². The van der Waals surface area contributed by atoms with Crippen LogP contribution in [-0.4, -0.2) is 59.8 Å². The molecule has 9 nitrogen and oxygen atoms in total. The molecule has 0 spiro atoms. The maximum absolute atomic E-state index is 14.8. The molecular weight excluding hydrogens is 457 g/mol. The van der Waals surface area contributed by atoms with Gasteiger partial charge in [0.25, 0.3) is 0 Å². The van der Waals surface area contributed by atoms with Crippen molar-refractivity contribution in [2.45, 2.75) is 51.2 Å². The molecule has 2 atom stereocenters. The Morgan fingerprint density at radius 2 is 1.89 bits per heavy atom. The molecule has 2 aliphatic rings. The van der Waals surface area contributed by atoms with E-state index in [1.807, 2.05) is 30.1 Å². The van der Waals surface area contributed by atoms with E-state index in [-0.39, 0.29) is 17.6 Å². The van der Waals surface area contributed by atoms with Crippen LogP contribution in [0.4, 0.5) is 16.2 Å². The zero-order valence-electron chi connectivity index (χ0n) is 20.7. The molecule has 6 rings (SSSR count). The highest BCUT2D eigenvalue weighted by Gasteiger charge is 2.36. The molecule has 4 aromatic heterocycles. The van der Waals surface area contributed by atoms with E-state index in [9.17, 15) is 4.39 Å². The quantitative estimate of drug-likeness (QED) is 0.424. The van der Waals surface area contributed by atoms with Crippen molar-refractivity contribution < 1.29 is 4.39 Å².